The van der Waals surface area contributed by atoms with E-state index in [0.29, 0.717) is 19.5 Å². The smallest absolute Gasteiger partial charge is 0.228 e. The van der Waals surface area contributed by atoms with Crippen LogP contribution in [0, 0.1) is 13.8 Å². The summed E-state index contributed by atoms with van der Waals surface area (Å²) in [6, 6.07) is 9.65. The van der Waals surface area contributed by atoms with Crippen molar-refractivity contribution in [2.75, 3.05) is 11.4 Å². The Bertz CT molecular complexity index is 576. The molecule has 0 bridgehead atoms. The van der Waals surface area contributed by atoms with Gasteiger partial charge in [0.05, 0.1) is 12.8 Å². The number of rotatable bonds is 5. The van der Waals surface area contributed by atoms with Gasteiger partial charge in [0.15, 0.2) is 0 Å². The SMILES string of the molecule is Cc1cccc(N(Cc2ccco2)C(=O)CCN)c1C. The number of carbonyl (C=O) groups excluding carboxylic acids is 1. The zero-order chi connectivity index (χ0) is 14.5. The Kier molecular flexibility index (Phi) is 4.58. The molecule has 1 aromatic carbocycles. The van der Waals surface area contributed by atoms with E-state index in [1.54, 1.807) is 11.2 Å². The fourth-order valence-corrected chi connectivity index (χ4v) is 2.15. The summed E-state index contributed by atoms with van der Waals surface area (Å²) in [6.45, 7) is 4.83. The first-order chi connectivity index (χ1) is 9.63. The van der Waals surface area contributed by atoms with Crippen molar-refractivity contribution >= 4 is 11.6 Å². The molecule has 2 aromatic rings. The largest absolute Gasteiger partial charge is 0.467 e. The maximum atomic E-state index is 12.3. The first-order valence-corrected chi connectivity index (χ1v) is 6.72. The monoisotopic (exact) mass is 272 g/mol. The molecule has 0 aliphatic heterocycles. The third kappa shape index (κ3) is 3.08. The molecule has 0 radical (unpaired) electrons. The van der Waals surface area contributed by atoms with E-state index in [-0.39, 0.29) is 5.91 Å². The van der Waals surface area contributed by atoms with Crippen LogP contribution >= 0.6 is 0 Å². The summed E-state index contributed by atoms with van der Waals surface area (Å²) in [6.07, 6.45) is 1.94. The quantitative estimate of drug-likeness (QED) is 0.910. The standard InChI is InChI=1S/C16H20N2O2/c1-12-5-3-7-15(13(12)2)18(16(19)8-9-17)11-14-6-4-10-20-14/h3-7,10H,8-9,11,17H2,1-2H3. The number of anilines is 1. The molecule has 4 heteroatoms. The van der Waals surface area contributed by atoms with Crippen molar-refractivity contribution in [3.8, 4) is 0 Å². The molecule has 106 valence electrons. The Labute approximate surface area is 119 Å². The van der Waals surface area contributed by atoms with Crippen LogP contribution in [0.3, 0.4) is 0 Å². The second-order valence-corrected chi connectivity index (χ2v) is 4.82. The van der Waals surface area contributed by atoms with Crippen LogP contribution in [0.1, 0.15) is 23.3 Å². The molecule has 0 saturated heterocycles. The highest BCUT2D eigenvalue weighted by Crippen LogP contribution is 2.25. The second kappa shape index (κ2) is 6.39. The lowest BCUT2D eigenvalue weighted by Crippen LogP contribution is -2.32. The maximum Gasteiger partial charge on any atom is 0.228 e. The molecule has 0 atom stereocenters. The highest BCUT2D eigenvalue weighted by Gasteiger charge is 2.18. The number of nitrogens with zero attached hydrogens (tertiary/aromatic N) is 1. The number of amides is 1. The van der Waals surface area contributed by atoms with Gasteiger partial charge in [-0.15, -0.1) is 0 Å². The third-order valence-electron chi connectivity index (χ3n) is 3.42. The summed E-state index contributed by atoms with van der Waals surface area (Å²) in [5.74, 6) is 0.772. The Morgan fingerprint density at radius 1 is 1.25 bits per heavy atom. The molecule has 1 aromatic heterocycles. The molecule has 4 nitrogen and oxygen atoms in total. The second-order valence-electron chi connectivity index (χ2n) is 4.82. The fraction of sp³-hybridized carbons (Fsp3) is 0.312. The minimum Gasteiger partial charge on any atom is -0.467 e. The first-order valence-electron chi connectivity index (χ1n) is 6.72. The third-order valence-corrected chi connectivity index (χ3v) is 3.42. The average Bonchev–Trinajstić information content (AvgIpc) is 2.93. The lowest BCUT2D eigenvalue weighted by Gasteiger charge is -2.24. The van der Waals surface area contributed by atoms with Crippen LogP contribution in [-0.4, -0.2) is 12.5 Å². The molecule has 0 spiro atoms. The lowest BCUT2D eigenvalue weighted by molar-refractivity contribution is -0.118. The average molecular weight is 272 g/mol. The van der Waals surface area contributed by atoms with Crippen LogP contribution in [0.25, 0.3) is 0 Å². The van der Waals surface area contributed by atoms with Crippen molar-refractivity contribution in [2.24, 2.45) is 5.73 Å². The summed E-state index contributed by atoms with van der Waals surface area (Å²) >= 11 is 0. The molecular weight excluding hydrogens is 252 g/mol. The number of carbonyl (C=O) groups is 1. The number of benzene rings is 1. The van der Waals surface area contributed by atoms with Gasteiger partial charge in [-0.25, -0.2) is 0 Å². The van der Waals surface area contributed by atoms with Crippen molar-refractivity contribution in [1.29, 1.82) is 0 Å². The van der Waals surface area contributed by atoms with Gasteiger partial charge < -0.3 is 15.1 Å². The van der Waals surface area contributed by atoms with Gasteiger partial charge in [0, 0.05) is 18.7 Å². The summed E-state index contributed by atoms with van der Waals surface area (Å²) in [5, 5.41) is 0. The van der Waals surface area contributed by atoms with Gasteiger partial charge in [0.2, 0.25) is 5.91 Å². The van der Waals surface area contributed by atoms with Crippen LogP contribution in [0.4, 0.5) is 5.69 Å². The zero-order valence-corrected chi connectivity index (χ0v) is 11.9. The predicted octanol–water partition coefficient (Wildman–Crippen LogP) is 2.78. The van der Waals surface area contributed by atoms with E-state index in [4.69, 9.17) is 10.2 Å². The van der Waals surface area contributed by atoms with Crippen molar-refractivity contribution in [3.05, 3.63) is 53.5 Å². The summed E-state index contributed by atoms with van der Waals surface area (Å²) < 4.78 is 5.36. The van der Waals surface area contributed by atoms with Crippen LogP contribution in [-0.2, 0) is 11.3 Å². The van der Waals surface area contributed by atoms with Gasteiger partial charge in [-0.2, -0.15) is 0 Å². The van der Waals surface area contributed by atoms with Gasteiger partial charge in [0.1, 0.15) is 5.76 Å². The summed E-state index contributed by atoms with van der Waals surface area (Å²) in [4.78, 5) is 14.1. The Morgan fingerprint density at radius 2 is 2.05 bits per heavy atom. The summed E-state index contributed by atoms with van der Waals surface area (Å²) in [5.41, 5.74) is 8.69. The van der Waals surface area contributed by atoms with Crippen molar-refractivity contribution in [1.82, 2.24) is 0 Å². The molecule has 20 heavy (non-hydrogen) atoms. The first kappa shape index (κ1) is 14.3. The van der Waals surface area contributed by atoms with E-state index < -0.39 is 0 Å². The van der Waals surface area contributed by atoms with Crippen LogP contribution in [0.15, 0.2) is 41.0 Å². The molecule has 1 heterocycles. The number of hydrogen-bond donors (Lipinski definition) is 1. The van der Waals surface area contributed by atoms with E-state index in [9.17, 15) is 4.79 Å². The molecule has 0 unspecified atom stereocenters. The highest BCUT2D eigenvalue weighted by atomic mass is 16.3. The number of hydrogen-bond acceptors (Lipinski definition) is 3. The Hall–Kier alpha value is -2.07. The van der Waals surface area contributed by atoms with Gasteiger partial charge in [-0.1, -0.05) is 12.1 Å². The minimum atomic E-state index is 0.0117. The fourth-order valence-electron chi connectivity index (χ4n) is 2.15. The molecule has 0 aliphatic rings. The molecule has 0 saturated carbocycles. The Balaban J connectivity index is 2.35. The minimum absolute atomic E-state index is 0.0117. The normalized spacial score (nSPS) is 10.6. The van der Waals surface area contributed by atoms with Crippen LogP contribution in [0.5, 0.6) is 0 Å². The van der Waals surface area contributed by atoms with E-state index >= 15 is 0 Å². The lowest BCUT2D eigenvalue weighted by atomic mass is 10.1. The molecule has 0 aliphatic carbocycles. The zero-order valence-electron chi connectivity index (χ0n) is 11.9. The topological polar surface area (TPSA) is 59.5 Å². The molecule has 2 rings (SSSR count). The van der Waals surface area contributed by atoms with E-state index in [0.717, 1.165) is 22.6 Å². The molecule has 0 fully saturated rings. The highest BCUT2D eigenvalue weighted by molar-refractivity contribution is 5.94. The van der Waals surface area contributed by atoms with Gasteiger partial charge in [-0.3, -0.25) is 4.79 Å². The maximum absolute atomic E-state index is 12.3. The van der Waals surface area contributed by atoms with Gasteiger partial charge in [0.25, 0.3) is 0 Å². The number of furan rings is 1. The Morgan fingerprint density at radius 3 is 2.70 bits per heavy atom. The van der Waals surface area contributed by atoms with Crippen molar-refractivity contribution in [2.45, 2.75) is 26.8 Å². The predicted molar refractivity (Wildman–Crippen MR) is 79.5 cm³/mol. The van der Waals surface area contributed by atoms with Crippen LogP contribution < -0.4 is 10.6 Å². The number of aryl methyl sites for hydroxylation is 1. The van der Waals surface area contributed by atoms with Gasteiger partial charge in [-0.05, 0) is 43.2 Å². The van der Waals surface area contributed by atoms with E-state index in [1.807, 2.05) is 44.2 Å². The van der Waals surface area contributed by atoms with Gasteiger partial charge >= 0.3 is 0 Å². The van der Waals surface area contributed by atoms with E-state index in [2.05, 4.69) is 0 Å². The van der Waals surface area contributed by atoms with Crippen molar-refractivity contribution in [3.63, 3.8) is 0 Å². The molecular formula is C16H20N2O2. The number of nitrogens with two attached hydrogens (primary N) is 1. The molecule has 2 N–H and O–H groups in total. The van der Waals surface area contributed by atoms with Crippen molar-refractivity contribution < 1.29 is 9.21 Å². The summed E-state index contributed by atoms with van der Waals surface area (Å²) in [7, 11) is 0. The molecule has 1 amide bonds. The van der Waals surface area contributed by atoms with Crippen LogP contribution in [0.2, 0.25) is 0 Å². The van der Waals surface area contributed by atoms with E-state index in [1.165, 1.54) is 0 Å².